The Kier molecular flexibility index (Phi) is 5.30. The van der Waals surface area contributed by atoms with E-state index in [4.69, 9.17) is 4.74 Å². The van der Waals surface area contributed by atoms with Crippen molar-refractivity contribution in [2.75, 3.05) is 30.9 Å². The molecule has 1 atom stereocenters. The lowest BCUT2D eigenvalue weighted by Gasteiger charge is -2.20. The molecule has 3 rings (SSSR count). The topological polar surface area (TPSA) is 79.0 Å². The molecule has 2 aromatic rings. The van der Waals surface area contributed by atoms with Gasteiger partial charge in [0, 0.05) is 26.6 Å². The number of carbonyl (C=O) groups is 2. The van der Waals surface area contributed by atoms with E-state index >= 15 is 0 Å². The van der Waals surface area contributed by atoms with Crippen molar-refractivity contribution in [3.05, 3.63) is 58.5 Å². The number of nitrogens with one attached hydrogen (secondary N) is 1. The highest BCUT2D eigenvalue weighted by Crippen LogP contribution is 2.29. The predicted molar refractivity (Wildman–Crippen MR) is 104 cm³/mol. The second-order valence-corrected chi connectivity index (χ2v) is 6.39. The second kappa shape index (κ2) is 7.67. The first-order valence-corrected chi connectivity index (χ1v) is 8.65. The molecule has 0 bridgehead atoms. The fourth-order valence-electron chi connectivity index (χ4n) is 2.92. The van der Waals surface area contributed by atoms with Crippen LogP contribution in [-0.2, 0) is 9.53 Å². The summed E-state index contributed by atoms with van der Waals surface area (Å²) >= 11 is 0. The van der Waals surface area contributed by atoms with E-state index in [2.05, 4.69) is 5.32 Å². The molecule has 1 N–H and O–H groups in total. The molecule has 2 aromatic carbocycles. The van der Waals surface area contributed by atoms with Crippen LogP contribution in [0, 0.1) is 5.82 Å². The maximum absolute atomic E-state index is 14.8. The minimum absolute atomic E-state index is 0.110. The van der Waals surface area contributed by atoms with Crippen molar-refractivity contribution in [3.63, 3.8) is 0 Å². The Morgan fingerprint density at radius 1 is 1.21 bits per heavy atom. The third-order valence-corrected chi connectivity index (χ3v) is 4.68. The molecule has 1 unspecified atom stereocenters. The van der Waals surface area contributed by atoms with Gasteiger partial charge in [-0.25, -0.2) is 9.18 Å². The minimum atomic E-state index is -0.726. The fourth-order valence-corrected chi connectivity index (χ4v) is 2.92. The van der Waals surface area contributed by atoms with Gasteiger partial charge in [-0.1, -0.05) is 12.1 Å². The molecule has 1 fully saturated rings. The van der Waals surface area contributed by atoms with E-state index in [1.165, 1.54) is 35.9 Å². The molecule has 2 amide bonds. The zero-order chi connectivity index (χ0) is 20.4. The van der Waals surface area contributed by atoms with Gasteiger partial charge < -0.3 is 15.0 Å². The number of likely N-dealkylation sites (N-methyl/N-ethyl adjacent to an activating group) is 1. The van der Waals surface area contributed by atoms with E-state index in [1.807, 2.05) is 0 Å². The second-order valence-electron chi connectivity index (χ2n) is 6.39. The Bertz CT molecular complexity index is 995. The van der Waals surface area contributed by atoms with Crippen LogP contribution in [0.25, 0.3) is 11.1 Å². The van der Waals surface area contributed by atoms with Crippen LogP contribution < -0.4 is 15.6 Å². The van der Waals surface area contributed by atoms with Crippen LogP contribution in [-0.4, -0.2) is 43.8 Å². The van der Waals surface area contributed by atoms with E-state index in [0.717, 1.165) is 0 Å². The van der Waals surface area contributed by atoms with Crippen LogP contribution >= 0.6 is 0 Å². The molecule has 0 saturated carbocycles. The molecule has 1 heterocycles. The lowest BCUT2D eigenvalue weighted by atomic mass is 10.1. The van der Waals surface area contributed by atoms with Gasteiger partial charge in [-0.05, 0) is 35.9 Å². The van der Waals surface area contributed by atoms with Crippen molar-refractivity contribution >= 4 is 23.4 Å². The van der Waals surface area contributed by atoms with Gasteiger partial charge in [0.2, 0.25) is 11.3 Å². The zero-order valence-electron chi connectivity index (χ0n) is 15.7. The van der Waals surface area contributed by atoms with Crippen LogP contribution in [0.15, 0.2) is 47.3 Å². The van der Waals surface area contributed by atoms with Gasteiger partial charge in [-0.3, -0.25) is 14.5 Å². The lowest BCUT2D eigenvalue weighted by Crippen LogP contribution is -2.38. The number of anilines is 2. The first kappa shape index (κ1) is 19.3. The number of carbonyl (C=O) groups excluding carboxylic acids is 2. The van der Waals surface area contributed by atoms with Crippen molar-refractivity contribution in [1.82, 2.24) is 4.90 Å². The molecule has 0 aromatic heterocycles. The Morgan fingerprint density at radius 3 is 2.57 bits per heavy atom. The van der Waals surface area contributed by atoms with Gasteiger partial charge in [0.25, 0.3) is 0 Å². The lowest BCUT2D eigenvalue weighted by molar-refractivity contribution is -0.134. The molecule has 0 spiro atoms. The van der Waals surface area contributed by atoms with E-state index in [-0.39, 0.29) is 17.9 Å². The zero-order valence-corrected chi connectivity index (χ0v) is 15.7. The van der Waals surface area contributed by atoms with Crippen molar-refractivity contribution < 1.29 is 18.7 Å². The summed E-state index contributed by atoms with van der Waals surface area (Å²) in [6, 6.07) is 10.5. The van der Waals surface area contributed by atoms with E-state index in [9.17, 15) is 18.8 Å². The molecule has 7 nitrogen and oxygen atoms in total. The Hall–Kier alpha value is -3.42. The molecule has 28 heavy (non-hydrogen) atoms. The van der Waals surface area contributed by atoms with Gasteiger partial charge in [0.15, 0.2) is 6.23 Å². The summed E-state index contributed by atoms with van der Waals surface area (Å²) in [7, 11) is 3.17. The number of halogens is 1. The number of cyclic esters (lactones) is 1. The van der Waals surface area contributed by atoms with Gasteiger partial charge >= 0.3 is 6.09 Å². The SMILES string of the molecule is CNc1ccc(-c2ccc(N3CC(N(C)C(C)=O)OC3=O)cc2F)ccc1=O. The highest BCUT2D eigenvalue weighted by Gasteiger charge is 2.36. The Balaban J connectivity index is 1.89. The van der Waals surface area contributed by atoms with Gasteiger partial charge in [-0.15, -0.1) is 0 Å². The summed E-state index contributed by atoms with van der Waals surface area (Å²) in [4.78, 5) is 38.1. The van der Waals surface area contributed by atoms with Crippen LogP contribution in [0.5, 0.6) is 0 Å². The molecule has 0 radical (unpaired) electrons. The standard InChI is InChI=1S/C20H20FN3O4/c1-12(25)23(3)19-11-24(20(27)28-19)14-6-7-15(16(21)10-14)13-4-8-17(22-2)18(26)9-5-13/h4-10,19H,11H2,1-3H3,(H,22,26). The summed E-state index contributed by atoms with van der Waals surface area (Å²) in [5.74, 6) is -0.782. The van der Waals surface area contributed by atoms with Crippen molar-refractivity contribution in [2.24, 2.45) is 0 Å². The number of ether oxygens (including phenoxy) is 1. The molecule has 8 heteroatoms. The monoisotopic (exact) mass is 385 g/mol. The Morgan fingerprint density at radius 2 is 1.93 bits per heavy atom. The van der Waals surface area contributed by atoms with Crippen LogP contribution in [0.4, 0.5) is 20.6 Å². The van der Waals surface area contributed by atoms with Crippen molar-refractivity contribution in [2.45, 2.75) is 13.2 Å². The van der Waals surface area contributed by atoms with Crippen molar-refractivity contribution in [3.8, 4) is 11.1 Å². The number of benzene rings is 1. The summed E-state index contributed by atoms with van der Waals surface area (Å²) < 4.78 is 20.0. The largest absolute Gasteiger partial charge is 0.423 e. The highest BCUT2D eigenvalue weighted by atomic mass is 19.1. The predicted octanol–water partition coefficient (Wildman–Crippen LogP) is 2.66. The summed E-state index contributed by atoms with van der Waals surface area (Å²) in [5, 5.41) is 2.79. The average molecular weight is 385 g/mol. The maximum Gasteiger partial charge on any atom is 0.416 e. The molecule has 1 aliphatic heterocycles. The number of amides is 2. The van der Waals surface area contributed by atoms with E-state index in [1.54, 1.807) is 37.4 Å². The summed E-state index contributed by atoms with van der Waals surface area (Å²) in [6.07, 6.45) is -1.37. The smallest absolute Gasteiger partial charge is 0.416 e. The quantitative estimate of drug-likeness (QED) is 0.875. The van der Waals surface area contributed by atoms with E-state index < -0.39 is 18.1 Å². The summed E-state index contributed by atoms with van der Waals surface area (Å²) in [6.45, 7) is 1.48. The first-order valence-electron chi connectivity index (χ1n) is 8.65. The van der Waals surface area contributed by atoms with Crippen LogP contribution in [0.1, 0.15) is 6.92 Å². The molecule has 1 saturated heterocycles. The van der Waals surface area contributed by atoms with Crippen LogP contribution in [0.2, 0.25) is 0 Å². The van der Waals surface area contributed by atoms with Gasteiger partial charge in [0.05, 0.1) is 17.9 Å². The Labute approximate surface area is 161 Å². The first-order chi connectivity index (χ1) is 13.3. The number of rotatable bonds is 4. The molecule has 1 aliphatic rings. The van der Waals surface area contributed by atoms with Crippen LogP contribution in [0.3, 0.4) is 0 Å². The minimum Gasteiger partial charge on any atom is -0.423 e. The molecular weight excluding hydrogens is 365 g/mol. The summed E-state index contributed by atoms with van der Waals surface area (Å²) in [5.41, 5.74) is 1.36. The molecule has 0 aliphatic carbocycles. The molecule has 146 valence electrons. The normalized spacial score (nSPS) is 15.9. The number of hydrogen-bond donors (Lipinski definition) is 1. The average Bonchev–Trinajstić information content (AvgIpc) is 2.95. The maximum atomic E-state index is 14.8. The number of nitrogens with zero attached hydrogens (tertiary/aromatic N) is 2. The molecular formula is C20H20FN3O4. The third-order valence-electron chi connectivity index (χ3n) is 4.68. The van der Waals surface area contributed by atoms with E-state index in [0.29, 0.717) is 22.5 Å². The van der Waals surface area contributed by atoms with Gasteiger partial charge in [0.1, 0.15) is 5.82 Å². The van der Waals surface area contributed by atoms with Gasteiger partial charge in [-0.2, -0.15) is 0 Å². The highest BCUT2D eigenvalue weighted by molar-refractivity contribution is 5.90. The fraction of sp³-hybridized carbons (Fsp3) is 0.250. The third kappa shape index (κ3) is 3.66. The number of hydrogen-bond acceptors (Lipinski definition) is 5. The van der Waals surface area contributed by atoms with Crippen molar-refractivity contribution in [1.29, 1.82) is 0 Å².